The summed E-state index contributed by atoms with van der Waals surface area (Å²) in [7, 11) is 0. The molecule has 1 aliphatic heterocycles. The maximum Gasteiger partial charge on any atom is 0.402 e. The van der Waals surface area contributed by atoms with Crippen LogP contribution in [0.15, 0.2) is 30.3 Å². The van der Waals surface area contributed by atoms with Crippen LogP contribution >= 0.6 is 0 Å². The van der Waals surface area contributed by atoms with Gasteiger partial charge in [0.1, 0.15) is 0 Å². The first-order valence-corrected chi connectivity index (χ1v) is 3.62. The molecule has 1 saturated heterocycles. The standard InChI is InChI=1S/C8H9NO3/c9-8(11-12-8)10-6-7-4-2-1-3-5-7/h1-5H,6,9H2. The molecule has 4 nitrogen and oxygen atoms in total. The molecule has 12 heavy (non-hydrogen) atoms. The number of rotatable bonds is 3. The zero-order chi connectivity index (χ0) is 8.44. The molecule has 1 aromatic carbocycles. The average Bonchev–Trinajstić information content (AvgIpc) is 2.84. The molecule has 2 N–H and O–H groups in total. The number of nitrogens with two attached hydrogens (primary N) is 1. The highest BCUT2D eigenvalue weighted by molar-refractivity contribution is 5.13. The van der Waals surface area contributed by atoms with Crippen LogP contribution in [0, 0.1) is 0 Å². The van der Waals surface area contributed by atoms with Gasteiger partial charge in [0.2, 0.25) is 0 Å². The fraction of sp³-hybridized carbons (Fsp3) is 0.250. The summed E-state index contributed by atoms with van der Waals surface area (Å²) in [5, 5.41) is 0. The van der Waals surface area contributed by atoms with E-state index in [1.165, 1.54) is 0 Å². The molecule has 0 unspecified atom stereocenters. The van der Waals surface area contributed by atoms with E-state index in [1.54, 1.807) is 0 Å². The SMILES string of the molecule is NC1(OCc2ccccc2)OO1. The van der Waals surface area contributed by atoms with Crippen LogP contribution < -0.4 is 5.73 Å². The second kappa shape index (κ2) is 2.84. The van der Waals surface area contributed by atoms with E-state index in [2.05, 4.69) is 9.78 Å². The maximum absolute atomic E-state index is 5.33. The maximum atomic E-state index is 5.33. The van der Waals surface area contributed by atoms with Gasteiger partial charge in [0, 0.05) is 0 Å². The molecule has 0 spiro atoms. The van der Waals surface area contributed by atoms with Gasteiger partial charge in [0.05, 0.1) is 6.61 Å². The van der Waals surface area contributed by atoms with Gasteiger partial charge in [-0.15, -0.1) is 9.78 Å². The summed E-state index contributed by atoms with van der Waals surface area (Å²) in [6.07, 6.45) is -1.30. The van der Waals surface area contributed by atoms with Crippen LogP contribution in [0.5, 0.6) is 0 Å². The van der Waals surface area contributed by atoms with Gasteiger partial charge in [-0.05, 0) is 5.56 Å². The zero-order valence-corrected chi connectivity index (χ0v) is 6.40. The van der Waals surface area contributed by atoms with E-state index in [0.29, 0.717) is 6.61 Å². The fourth-order valence-electron chi connectivity index (χ4n) is 0.847. The van der Waals surface area contributed by atoms with E-state index in [4.69, 9.17) is 10.5 Å². The zero-order valence-electron chi connectivity index (χ0n) is 6.40. The molecule has 1 heterocycles. The highest BCUT2D eigenvalue weighted by atomic mass is 17.5. The van der Waals surface area contributed by atoms with Gasteiger partial charge in [-0.3, -0.25) is 0 Å². The highest BCUT2D eigenvalue weighted by Gasteiger charge is 2.47. The minimum absolute atomic E-state index is 0.386. The van der Waals surface area contributed by atoms with E-state index in [-0.39, 0.29) is 0 Å². The predicted molar refractivity (Wildman–Crippen MR) is 40.3 cm³/mol. The van der Waals surface area contributed by atoms with Gasteiger partial charge in [-0.25, -0.2) is 5.73 Å². The second-order valence-electron chi connectivity index (χ2n) is 2.54. The van der Waals surface area contributed by atoms with E-state index in [1.807, 2.05) is 30.3 Å². The summed E-state index contributed by atoms with van der Waals surface area (Å²) in [5.74, 6) is 0. The number of hydrogen-bond acceptors (Lipinski definition) is 4. The lowest BCUT2D eigenvalue weighted by Crippen LogP contribution is -2.26. The summed E-state index contributed by atoms with van der Waals surface area (Å²) < 4.78 is 5.06. The molecule has 1 aliphatic rings. The molecular formula is C8H9NO3. The van der Waals surface area contributed by atoms with Gasteiger partial charge in [-0.2, -0.15) is 0 Å². The molecule has 1 fully saturated rings. The first-order valence-electron chi connectivity index (χ1n) is 3.62. The summed E-state index contributed by atoms with van der Waals surface area (Å²) >= 11 is 0. The van der Waals surface area contributed by atoms with E-state index in [0.717, 1.165) is 5.56 Å². The Morgan fingerprint density at radius 1 is 1.25 bits per heavy atom. The molecule has 0 amide bonds. The van der Waals surface area contributed by atoms with Crippen molar-refractivity contribution in [1.29, 1.82) is 0 Å². The van der Waals surface area contributed by atoms with Crippen molar-refractivity contribution in [2.45, 2.75) is 12.7 Å². The van der Waals surface area contributed by atoms with Gasteiger partial charge >= 0.3 is 6.10 Å². The Morgan fingerprint density at radius 3 is 2.50 bits per heavy atom. The van der Waals surface area contributed by atoms with Crippen molar-refractivity contribution in [1.82, 2.24) is 0 Å². The Hall–Kier alpha value is -0.940. The van der Waals surface area contributed by atoms with E-state index < -0.39 is 6.10 Å². The van der Waals surface area contributed by atoms with Crippen molar-refractivity contribution in [2.75, 3.05) is 0 Å². The Bertz CT molecular complexity index is 258. The number of hydrogen-bond donors (Lipinski definition) is 1. The molecule has 64 valence electrons. The lowest BCUT2D eigenvalue weighted by Gasteiger charge is -2.02. The lowest BCUT2D eigenvalue weighted by atomic mass is 10.2. The topological polar surface area (TPSA) is 60.3 Å². The molecule has 1 aromatic rings. The Kier molecular flexibility index (Phi) is 1.82. The van der Waals surface area contributed by atoms with Crippen molar-refractivity contribution < 1.29 is 14.5 Å². The van der Waals surface area contributed by atoms with Gasteiger partial charge < -0.3 is 4.74 Å². The third kappa shape index (κ3) is 1.80. The molecule has 4 heteroatoms. The third-order valence-electron chi connectivity index (χ3n) is 1.53. The minimum Gasteiger partial charge on any atom is -0.306 e. The normalized spacial score (nSPS) is 19.1. The smallest absolute Gasteiger partial charge is 0.306 e. The van der Waals surface area contributed by atoms with Crippen LogP contribution in [0.25, 0.3) is 0 Å². The van der Waals surface area contributed by atoms with Gasteiger partial charge in [-0.1, -0.05) is 30.3 Å². The van der Waals surface area contributed by atoms with Crippen molar-refractivity contribution in [3.05, 3.63) is 35.9 Å². The highest BCUT2D eigenvalue weighted by Crippen LogP contribution is 2.24. The van der Waals surface area contributed by atoms with Crippen LogP contribution in [-0.2, 0) is 21.1 Å². The van der Waals surface area contributed by atoms with Crippen molar-refractivity contribution in [2.24, 2.45) is 5.73 Å². The Balaban J connectivity index is 1.88. The summed E-state index contributed by atoms with van der Waals surface area (Å²) in [5.41, 5.74) is 6.36. The molecule has 0 bridgehead atoms. The predicted octanol–water partition coefficient (Wildman–Crippen LogP) is 0.735. The summed E-state index contributed by atoms with van der Waals surface area (Å²) in [6, 6.07) is 9.66. The molecule has 0 aromatic heterocycles. The van der Waals surface area contributed by atoms with Crippen LogP contribution in [0.4, 0.5) is 0 Å². The first-order chi connectivity index (χ1) is 5.79. The third-order valence-corrected chi connectivity index (χ3v) is 1.53. The molecule has 0 radical (unpaired) electrons. The summed E-state index contributed by atoms with van der Waals surface area (Å²) in [4.78, 5) is 8.75. The van der Waals surface area contributed by atoms with Crippen LogP contribution in [0.2, 0.25) is 0 Å². The summed E-state index contributed by atoms with van der Waals surface area (Å²) in [6.45, 7) is 0.386. The van der Waals surface area contributed by atoms with Crippen molar-refractivity contribution in [3.8, 4) is 0 Å². The minimum atomic E-state index is -1.30. The number of benzene rings is 1. The Labute approximate surface area is 69.8 Å². The van der Waals surface area contributed by atoms with Crippen molar-refractivity contribution in [3.63, 3.8) is 0 Å². The Morgan fingerprint density at radius 2 is 1.92 bits per heavy atom. The van der Waals surface area contributed by atoms with Crippen LogP contribution in [-0.4, -0.2) is 6.10 Å². The van der Waals surface area contributed by atoms with E-state index >= 15 is 0 Å². The second-order valence-corrected chi connectivity index (χ2v) is 2.54. The molecule has 0 saturated carbocycles. The van der Waals surface area contributed by atoms with Crippen LogP contribution in [0.3, 0.4) is 0 Å². The monoisotopic (exact) mass is 167 g/mol. The quantitative estimate of drug-likeness (QED) is 0.409. The molecule has 2 rings (SSSR count). The largest absolute Gasteiger partial charge is 0.402 e. The van der Waals surface area contributed by atoms with Gasteiger partial charge in [0.25, 0.3) is 0 Å². The van der Waals surface area contributed by atoms with Crippen molar-refractivity contribution >= 4 is 0 Å². The molecular weight excluding hydrogens is 158 g/mol. The van der Waals surface area contributed by atoms with Gasteiger partial charge in [0.15, 0.2) is 0 Å². The average molecular weight is 167 g/mol. The number of ether oxygens (including phenoxy) is 1. The van der Waals surface area contributed by atoms with E-state index in [9.17, 15) is 0 Å². The molecule has 0 atom stereocenters. The van der Waals surface area contributed by atoms with Crippen LogP contribution in [0.1, 0.15) is 5.56 Å². The lowest BCUT2D eigenvalue weighted by molar-refractivity contribution is -0.0606. The first kappa shape index (κ1) is 7.70. The molecule has 0 aliphatic carbocycles. The fourth-order valence-corrected chi connectivity index (χ4v) is 0.847.